The average molecular weight is 490 g/mol. The molecule has 0 saturated heterocycles. The van der Waals surface area contributed by atoms with E-state index >= 15 is 0 Å². The fourth-order valence-electron chi connectivity index (χ4n) is 4.06. The van der Waals surface area contributed by atoms with Crippen molar-refractivity contribution in [3.63, 3.8) is 0 Å². The van der Waals surface area contributed by atoms with Gasteiger partial charge in [0.05, 0.1) is 11.1 Å². The summed E-state index contributed by atoms with van der Waals surface area (Å²) >= 11 is 0. The van der Waals surface area contributed by atoms with Crippen LogP contribution in [-0.4, -0.2) is 6.04 Å². The average Bonchev–Trinajstić information content (AvgIpc) is 2.69. The lowest BCUT2D eigenvalue weighted by atomic mass is 9.85. The van der Waals surface area contributed by atoms with Gasteiger partial charge < -0.3 is 5.32 Å². The van der Waals surface area contributed by atoms with E-state index in [0.29, 0.717) is 17.7 Å². The van der Waals surface area contributed by atoms with Gasteiger partial charge in [-0.2, -0.15) is 26.3 Å². The largest absolute Gasteiger partial charge is 0.416 e. The molecule has 188 valence electrons. The SMILES string of the molecule is C=C(CC(c1cc(F)cc(C(F)(F)F)c1)c1ccc(C)c(C(F)(F)F)c1)NC(CC)CC(C)C. The van der Waals surface area contributed by atoms with Gasteiger partial charge in [0.15, 0.2) is 0 Å². The Morgan fingerprint density at radius 3 is 2.12 bits per heavy atom. The lowest BCUT2D eigenvalue weighted by molar-refractivity contribution is -0.138. The first-order chi connectivity index (χ1) is 15.6. The van der Waals surface area contributed by atoms with Crippen LogP contribution in [0.25, 0.3) is 0 Å². The maximum atomic E-state index is 14.2. The highest BCUT2D eigenvalue weighted by atomic mass is 19.4. The zero-order chi connectivity index (χ0) is 25.8. The highest BCUT2D eigenvalue weighted by Crippen LogP contribution is 2.39. The number of alkyl halides is 6. The van der Waals surface area contributed by atoms with E-state index < -0.39 is 35.2 Å². The Balaban J connectivity index is 2.55. The molecule has 0 bridgehead atoms. The number of hydrogen-bond acceptors (Lipinski definition) is 1. The molecule has 34 heavy (non-hydrogen) atoms. The fourth-order valence-corrected chi connectivity index (χ4v) is 4.06. The van der Waals surface area contributed by atoms with Crippen molar-refractivity contribution in [3.8, 4) is 0 Å². The van der Waals surface area contributed by atoms with Gasteiger partial charge in [-0.05, 0) is 73.1 Å². The van der Waals surface area contributed by atoms with Crippen molar-refractivity contribution < 1.29 is 30.7 Å². The molecule has 0 spiro atoms. The molecule has 0 aliphatic heterocycles. The summed E-state index contributed by atoms with van der Waals surface area (Å²) in [5.74, 6) is -1.69. The minimum Gasteiger partial charge on any atom is -0.386 e. The van der Waals surface area contributed by atoms with Crippen molar-refractivity contribution in [3.05, 3.63) is 82.3 Å². The molecule has 0 aliphatic carbocycles. The summed E-state index contributed by atoms with van der Waals surface area (Å²) in [7, 11) is 0. The Kier molecular flexibility index (Phi) is 8.83. The first kappa shape index (κ1) is 27.7. The van der Waals surface area contributed by atoms with Crippen LogP contribution in [0.4, 0.5) is 30.7 Å². The third-order valence-electron chi connectivity index (χ3n) is 5.73. The van der Waals surface area contributed by atoms with Gasteiger partial charge in [-0.15, -0.1) is 0 Å². The molecule has 1 nitrogen and oxygen atoms in total. The number of nitrogens with one attached hydrogen (secondary N) is 1. The topological polar surface area (TPSA) is 12.0 Å². The van der Waals surface area contributed by atoms with Crippen LogP contribution in [0.3, 0.4) is 0 Å². The van der Waals surface area contributed by atoms with E-state index in [1.165, 1.54) is 19.1 Å². The van der Waals surface area contributed by atoms with E-state index in [1.807, 2.05) is 20.8 Å². The lowest BCUT2D eigenvalue weighted by Crippen LogP contribution is -2.29. The Morgan fingerprint density at radius 2 is 1.59 bits per heavy atom. The Labute approximate surface area is 196 Å². The minimum absolute atomic E-state index is 0.00912. The van der Waals surface area contributed by atoms with Gasteiger partial charge in [0.2, 0.25) is 0 Å². The monoisotopic (exact) mass is 489 g/mol. The lowest BCUT2D eigenvalue weighted by Gasteiger charge is -2.26. The van der Waals surface area contributed by atoms with Crippen LogP contribution < -0.4 is 5.32 Å². The van der Waals surface area contributed by atoms with Gasteiger partial charge in [-0.1, -0.05) is 39.5 Å². The van der Waals surface area contributed by atoms with Gasteiger partial charge in [-0.25, -0.2) is 4.39 Å². The molecule has 0 fully saturated rings. The maximum Gasteiger partial charge on any atom is 0.416 e. The van der Waals surface area contributed by atoms with Crippen LogP contribution in [0.5, 0.6) is 0 Å². The zero-order valence-electron chi connectivity index (χ0n) is 19.7. The fraction of sp³-hybridized carbons (Fsp3) is 0.462. The van der Waals surface area contributed by atoms with E-state index in [4.69, 9.17) is 0 Å². The normalized spacial score (nSPS) is 14.2. The van der Waals surface area contributed by atoms with Crippen molar-refractivity contribution in [1.82, 2.24) is 5.32 Å². The van der Waals surface area contributed by atoms with Crippen molar-refractivity contribution in [1.29, 1.82) is 0 Å². The molecule has 0 radical (unpaired) electrons. The van der Waals surface area contributed by atoms with Gasteiger partial charge >= 0.3 is 12.4 Å². The maximum absolute atomic E-state index is 14.2. The molecule has 0 aromatic heterocycles. The van der Waals surface area contributed by atoms with Gasteiger partial charge in [0.1, 0.15) is 5.82 Å². The second-order valence-corrected chi connectivity index (χ2v) is 9.08. The molecule has 2 rings (SSSR count). The van der Waals surface area contributed by atoms with Crippen molar-refractivity contribution in [2.24, 2.45) is 5.92 Å². The predicted octanol–water partition coefficient (Wildman–Crippen LogP) is 8.62. The number of aryl methyl sites for hydroxylation is 1. The predicted molar refractivity (Wildman–Crippen MR) is 120 cm³/mol. The van der Waals surface area contributed by atoms with Crippen LogP contribution in [0.15, 0.2) is 48.7 Å². The van der Waals surface area contributed by atoms with E-state index in [1.54, 1.807) is 0 Å². The first-order valence-corrected chi connectivity index (χ1v) is 11.1. The van der Waals surface area contributed by atoms with Crippen LogP contribution in [0.1, 0.15) is 73.8 Å². The summed E-state index contributed by atoms with van der Waals surface area (Å²) in [6.07, 6.45) is -7.84. The molecule has 2 atom stereocenters. The standard InChI is InChI=1S/C26H30F7N/c1-6-22(9-15(2)3)34-17(5)10-23(18-8-7-16(4)24(13-18)26(31,32)33)19-11-20(25(28,29)30)14-21(27)12-19/h7-8,11-15,22-23,34H,5-6,9-10H2,1-4H3. The molecule has 2 unspecified atom stereocenters. The molecule has 0 heterocycles. The van der Waals surface area contributed by atoms with Crippen LogP contribution in [0, 0.1) is 18.7 Å². The smallest absolute Gasteiger partial charge is 0.386 e. The van der Waals surface area contributed by atoms with Crippen LogP contribution >= 0.6 is 0 Å². The summed E-state index contributed by atoms with van der Waals surface area (Å²) in [6.45, 7) is 11.4. The summed E-state index contributed by atoms with van der Waals surface area (Å²) in [5, 5.41) is 3.25. The van der Waals surface area contributed by atoms with Crippen molar-refractivity contribution >= 4 is 0 Å². The number of benzene rings is 2. The van der Waals surface area contributed by atoms with Crippen LogP contribution in [-0.2, 0) is 12.4 Å². The molecule has 2 aromatic rings. The Hall–Kier alpha value is -2.51. The third kappa shape index (κ3) is 7.50. The number of halogens is 7. The molecule has 0 aliphatic rings. The quantitative estimate of drug-likeness (QED) is 0.348. The molecule has 8 heteroatoms. The summed E-state index contributed by atoms with van der Waals surface area (Å²) in [6, 6.07) is 5.79. The molecule has 0 saturated carbocycles. The highest BCUT2D eigenvalue weighted by molar-refractivity contribution is 5.42. The van der Waals surface area contributed by atoms with E-state index in [2.05, 4.69) is 11.9 Å². The summed E-state index contributed by atoms with van der Waals surface area (Å²) < 4.78 is 94.9. The van der Waals surface area contributed by atoms with Crippen molar-refractivity contribution in [2.45, 2.75) is 71.3 Å². The Bertz CT molecular complexity index is 990. The number of rotatable bonds is 9. The van der Waals surface area contributed by atoms with E-state index in [-0.39, 0.29) is 29.2 Å². The van der Waals surface area contributed by atoms with E-state index in [9.17, 15) is 30.7 Å². The summed E-state index contributed by atoms with van der Waals surface area (Å²) in [5.41, 5.74) is -1.55. The van der Waals surface area contributed by atoms with Crippen LogP contribution in [0.2, 0.25) is 0 Å². The third-order valence-corrected chi connectivity index (χ3v) is 5.73. The first-order valence-electron chi connectivity index (χ1n) is 11.1. The number of hydrogen-bond donors (Lipinski definition) is 1. The number of allylic oxidation sites excluding steroid dienone is 1. The molecular weight excluding hydrogens is 459 g/mol. The molecule has 1 N–H and O–H groups in total. The second-order valence-electron chi connectivity index (χ2n) is 9.08. The molecule has 2 aromatic carbocycles. The second kappa shape index (κ2) is 10.8. The highest BCUT2D eigenvalue weighted by Gasteiger charge is 2.35. The zero-order valence-corrected chi connectivity index (χ0v) is 19.7. The van der Waals surface area contributed by atoms with E-state index in [0.717, 1.165) is 31.0 Å². The summed E-state index contributed by atoms with van der Waals surface area (Å²) in [4.78, 5) is 0. The van der Waals surface area contributed by atoms with Gasteiger partial charge in [0, 0.05) is 17.7 Å². The van der Waals surface area contributed by atoms with Crippen molar-refractivity contribution in [2.75, 3.05) is 0 Å². The molecular formula is C26H30F7N. The van der Waals surface area contributed by atoms with Gasteiger partial charge in [0.25, 0.3) is 0 Å². The minimum atomic E-state index is -4.80. The molecule has 0 amide bonds. The van der Waals surface area contributed by atoms with Gasteiger partial charge in [-0.3, -0.25) is 0 Å². The Morgan fingerprint density at radius 1 is 0.941 bits per heavy atom.